The second-order valence-corrected chi connectivity index (χ2v) is 4.35. The molecule has 1 aromatic carbocycles. The molecule has 0 spiro atoms. The molecule has 0 saturated carbocycles. The van der Waals surface area contributed by atoms with Crippen molar-refractivity contribution in [3.05, 3.63) is 42.2 Å². The van der Waals surface area contributed by atoms with Crippen LogP contribution in [0.3, 0.4) is 0 Å². The van der Waals surface area contributed by atoms with Gasteiger partial charge in [0.1, 0.15) is 5.69 Å². The second-order valence-electron chi connectivity index (χ2n) is 4.35. The normalized spacial score (nSPS) is 10.8. The second kappa shape index (κ2) is 5.04. The van der Waals surface area contributed by atoms with Crippen LogP contribution in [0, 0.1) is 0 Å². The Bertz CT molecular complexity index is 732. The number of amides is 1. The molecule has 0 atom stereocenters. The first-order chi connectivity index (χ1) is 9.74. The van der Waals surface area contributed by atoms with Gasteiger partial charge in [-0.2, -0.15) is 4.98 Å². The molecule has 2 aromatic heterocycles. The number of benzene rings is 1. The molecule has 3 rings (SSSR count). The summed E-state index contributed by atoms with van der Waals surface area (Å²) in [6.45, 7) is 0.434. The fraction of sp³-hybridized carbons (Fsp3) is 0.154. The highest BCUT2D eigenvalue weighted by atomic mass is 16.5. The van der Waals surface area contributed by atoms with Gasteiger partial charge >= 0.3 is 0 Å². The van der Waals surface area contributed by atoms with Gasteiger partial charge in [-0.1, -0.05) is 17.3 Å². The Balaban J connectivity index is 1.68. The number of fused-ring (bicyclic) bond motifs is 1. The SMILES string of the molecule is Nc1cccc2cc(C(=O)NCCc3ncon3)[nH]c12. The van der Waals surface area contributed by atoms with Gasteiger partial charge in [0, 0.05) is 18.4 Å². The van der Waals surface area contributed by atoms with Crippen LogP contribution in [0.4, 0.5) is 5.69 Å². The molecular weight excluding hydrogens is 258 g/mol. The van der Waals surface area contributed by atoms with E-state index in [1.165, 1.54) is 6.39 Å². The van der Waals surface area contributed by atoms with Crippen LogP contribution in [0.15, 0.2) is 35.2 Å². The van der Waals surface area contributed by atoms with Crippen molar-refractivity contribution in [1.29, 1.82) is 0 Å². The Kier molecular flexibility index (Phi) is 3.08. The molecule has 0 aliphatic rings. The molecule has 2 heterocycles. The van der Waals surface area contributed by atoms with Crippen molar-refractivity contribution in [3.63, 3.8) is 0 Å². The summed E-state index contributed by atoms with van der Waals surface area (Å²) in [5.74, 6) is 0.371. The average Bonchev–Trinajstić information content (AvgIpc) is 3.07. The number of para-hydroxylation sites is 1. The number of nitrogens with one attached hydrogen (secondary N) is 2. The molecule has 0 radical (unpaired) electrons. The quantitative estimate of drug-likeness (QED) is 0.615. The fourth-order valence-electron chi connectivity index (χ4n) is 1.99. The van der Waals surface area contributed by atoms with Gasteiger partial charge in [0.05, 0.1) is 11.2 Å². The minimum Gasteiger partial charge on any atom is -0.397 e. The summed E-state index contributed by atoms with van der Waals surface area (Å²) in [7, 11) is 0. The van der Waals surface area contributed by atoms with Crippen molar-refractivity contribution < 1.29 is 9.32 Å². The predicted octanol–water partition coefficient (Wildman–Crippen LogP) is 1.11. The number of carbonyl (C=O) groups is 1. The highest BCUT2D eigenvalue weighted by molar-refractivity contribution is 6.00. The first-order valence-corrected chi connectivity index (χ1v) is 6.14. The van der Waals surface area contributed by atoms with Crippen molar-refractivity contribution >= 4 is 22.5 Å². The van der Waals surface area contributed by atoms with Gasteiger partial charge in [-0.15, -0.1) is 0 Å². The van der Waals surface area contributed by atoms with Gasteiger partial charge in [0.25, 0.3) is 5.91 Å². The number of hydrogen-bond donors (Lipinski definition) is 3. The van der Waals surface area contributed by atoms with Gasteiger partial charge in [0.2, 0.25) is 6.39 Å². The van der Waals surface area contributed by atoms with Crippen molar-refractivity contribution in [2.45, 2.75) is 6.42 Å². The number of nitrogens with two attached hydrogens (primary N) is 1. The van der Waals surface area contributed by atoms with Crippen LogP contribution in [-0.2, 0) is 6.42 Å². The Labute approximate surface area is 114 Å². The standard InChI is InChI=1S/C13H13N5O2/c14-9-3-1-2-8-6-10(17-12(8)9)13(19)15-5-4-11-16-7-20-18-11/h1-3,6-7,17H,4-5,14H2,(H,15,19). The first kappa shape index (κ1) is 12.2. The Hall–Kier alpha value is -2.83. The summed E-state index contributed by atoms with van der Waals surface area (Å²) in [5.41, 5.74) is 7.71. The number of rotatable bonds is 4. The van der Waals surface area contributed by atoms with Crippen LogP contribution in [-0.4, -0.2) is 27.6 Å². The van der Waals surface area contributed by atoms with E-state index in [1.54, 1.807) is 12.1 Å². The van der Waals surface area contributed by atoms with Gasteiger partial charge in [-0.3, -0.25) is 4.79 Å². The lowest BCUT2D eigenvalue weighted by molar-refractivity contribution is 0.0950. The van der Waals surface area contributed by atoms with E-state index in [0.717, 1.165) is 10.9 Å². The van der Waals surface area contributed by atoms with Crippen molar-refractivity contribution in [2.75, 3.05) is 12.3 Å². The van der Waals surface area contributed by atoms with Crippen molar-refractivity contribution in [2.24, 2.45) is 0 Å². The van der Waals surface area contributed by atoms with Gasteiger partial charge < -0.3 is 20.6 Å². The van der Waals surface area contributed by atoms with E-state index in [0.29, 0.717) is 30.2 Å². The highest BCUT2D eigenvalue weighted by Gasteiger charge is 2.10. The third-order valence-electron chi connectivity index (χ3n) is 2.97. The van der Waals surface area contributed by atoms with E-state index < -0.39 is 0 Å². The first-order valence-electron chi connectivity index (χ1n) is 6.14. The zero-order chi connectivity index (χ0) is 13.9. The smallest absolute Gasteiger partial charge is 0.267 e. The summed E-state index contributed by atoms with van der Waals surface area (Å²) >= 11 is 0. The molecule has 20 heavy (non-hydrogen) atoms. The minimum absolute atomic E-state index is 0.191. The van der Waals surface area contributed by atoms with E-state index in [-0.39, 0.29) is 5.91 Å². The van der Waals surface area contributed by atoms with Gasteiger partial charge in [-0.05, 0) is 12.1 Å². The number of aromatic amines is 1. The summed E-state index contributed by atoms with van der Waals surface area (Å²) < 4.78 is 4.62. The molecule has 3 aromatic rings. The van der Waals surface area contributed by atoms with Crippen LogP contribution in [0.25, 0.3) is 10.9 Å². The third kappa shape index (κ3) is 2.33. The lowest BCUT2D eigenvalue weighted by Crippen LogP contribution is -2.26. The maximum atomic E-state index is 12.0. The molecular formula is C13H13N5O2. The van der Waals surface area contributed by atoms with Crippen LogP contribution in [0.2, 0.25) is 0 Å². The molecule has 0 unspecified atom stereocenters. The molecule has 0 fully saturated rings. The highest BCUT2D eigenvalue weighted by Crippen LogP contribution is 2.20. The summed E-state index contributed by atoms with van der Waals surface area (Å²) in [6, 6.07) is 7.31. The molecule has 0 saturated heterocycles. The van der Waals surface area contributed by atoms with Crippen molar-refractivity contribution in [3.8, 4) is 0 Å². The summed E-state index contributed by atoms with van der Waals surface area (Å²) in [5, 5.41) is 7.37. The topological polar surface area (TPSA) is 110 Å². The molecule has 0 aliphatic heterocycles. The zero-order valence-corrected chi connectivity index (χ0v) is 10.6. The average molecular weight is 271 g/mol. The van der Waals surface area contributed by atoms with Crippen LogP contribution >= 0.6 is 0 Å². The Morgan fingerprint density at radius 2 is 2.35 bits per heavy atom. The van der Waals surface area contributed by atoms with E-state index in [9.17, 15) is 4.79 Å². The van der Waals surface area contributed by atoms with Gasteiger partial charge in [0.15, 0.2) is 5.82 Å². The predicted molar refractivity (Wildman–Crippen MR) is 73.0 cm³/mol. The molecule has 0 aliphatic carbocycles. The van der Waals surface area contributed by atoms with Crippen LogP contribution in [0.1, 0.15) is 16.3 Å². The molecule has 102 valence electrons. The number of H-pyrrole nitrogens is 1. The van der Waals surface area contributed by atoms with Crippen LogP contribution in [0.5, 0.6) is 0 Å². The fourth-order valence-corrected chi connectivity index (χ4v) is 1.99. The zero-order valence-electron chi connectivity index (χ0n) is 10.6. The number of nitrogens with zero attached hydrogens (tertiary/aromatic N) is 2. The molecule has 4 N–H and O–H groups in total. The summed E-state index contributed by atoms with van der Waals surface area (Å²) in [4.78, 5) is 18.9. The van der Waals surface area contributed by atoms with E-state index in [4.69, 9.17) is 5.73 Å². The molecule has 0 bridgehead atoms. The maximum Gasteiger partial charge on any atom is 0.267 e. The lowest BCUT2D eigenvalue weighted by Gasteiger charge is -2.00. The summed E-state index contributed by atoms with van der Waals surface area (Å²) in [6.07, 6.45) is 1.78. The number of hydrogen-bond acceptors (Lipinski definition) is 5. The molecule has 1 amide bonds. The minimum atomic E-state index is -0.191. The number of nitrogen functional groups attached to an aromatic ring is 1. The van der Waals surface area contributed by atoms with Crippen molar-refractivity contribution in [1.82, 2.24) is 20.4 Å². The van der Waals surface area contributed by atoms with Crippen LogP contribution < -0.4 is 11.1 Å². The number of carbonyl (C=O) groups excluding carboxylic acids is 1. The molecule has 7 nitrogen and oxygen atoms in total. The number of anilines is 1. The van der Waals surface area contributed by atoms with E-state index >= 15 is 0 Å². The molecule has 7 heteroatoms. The monoisotopic (exact) mass is 271 g/mol. The van der Waals surface area contributed by atoms with Gasteiger partial charge in [-0.25, -0.2) is 0 Å². The lowest BCUT2D eigenvalue weighted by atomic mass is 10.2. The maximum absolute atomic E-state index is 12.0. The number of aromatic nitrogens is 3. The third-order valence-corrected chi connectivity index (χ3v) is 2.97. The van der Waals surface area contributed by atoms with E-state index in [1.807, 2.05) is 12.1 Å². The largest absolute Gasteiger partial charge is 0.397 e. The van der Waals surface area contributed by atoms with E-state index in [2.05, 4.69) is 25.0 Å². The Morgan fingerprint density at radius 1 is 1.45 bits per heavy atom. The Morgan fingerprint density at radius 3 is 3.10 bits per heavy atom.